The van der Waals surface area contributed by atoms with E-state index in [0.717, 1.165) is 0 Å². The van der Waals surface area contributed by atoms with Gasteiger partial charge in [-0.3, -0.25) is 0 Å². The van der Waals surface area contributed by atoms with Crippen molar-refractivity contribution in [1.29, 1.82) is 0 Å². The number of nitrogen functional groups attached to an aromatic ring is 1. The molecule has 2 N–H and O–H groups in total. The number of benzene rings is 1. The molecular weight excluding hydrogens is 305 g/mol. The van der Waals surface area contributed by atoms with Crippen LogP contribution in [0.15, 0.2) is 23.1 Å². The van der Waals surface area contributed by atoms with Crippen LogP contribution in [0.25, 0.3) is 0 Å². The first-order valence-corrected chi connectivity index (χ1v) is 7.98. The molecule has 0 spiro atoms. The number of rotatable bonds is 5. The van der Waals surface area contributed by atoms with Crippen LogP contribution in [-0.4, -0.2) is 40.0 Å². The predicted molar refractivity (Wildman–Crippen MR) is 64.0 cm³/mol. The summed E-state index contributed by atoms with van der Waals surface area (Å²) < 4.78 is 59.6. The Hall–Kier alpha value is -0.320. The molecule has 0 heterocycles. The summed E-state index contributed by atoms with van der Waals surface area (Å²) in [4.78, 5) is -0.141. The molecule has 0 fully saturated rings. The van der Waals surface area contributed by atoms with E-state index in [0.29, 0.717) is 0 Å². The standard InChI is InChI=1S/C9H13NO6S2.Na/c1-16-9-6-7(2-3-8(9)10)17(11,12)4-5-18(13,14)15;/h2-3,6H,4-5,10H2,1H3,(H,13,14,15);/q;+1/p-1. The van der Waals surface area contributed by atoms with Gasteiger partial charge in [-0.05, 0) is 12.1 Å². The zero-order valence-corrected chi connectivity index (χ0v) is 14.1. The Morgan fingerprint density at radius 2 is 1.79 bits per heavy atom. The number of nitrogens with two attached hydrogens (primary N) is 1. The van der Waals surface area contributed by atoms with Crippen molar-refractivity contribution >= 4 is 25.6 Å². The van der Waals surface area contributed by atoms with Gasteiger partial charge >= 0.3 is 29.6 Å². The zero-order valence-electron chi connectivity index (χ0n) is 10.5. The average molecular weight is 317 g/mol. The summed E-state index contributed by atoms with van der Waals surface area (Å²) >= 11 is 0. The monoisotopic (exact) mass is 317 g/mol. The van der Waals surface area contributed by atoms with E-state index in [-0.39, 0.29) is 45.9 Å². The molecule has 7 nitrogen and oxygen atoms in total. The van der Waals surface area contributed by atoms with E-state index in [1.54, 1.807) is 0 Å². The molecule has 0 aliphatic carbocycles. The maximum absolute atomic E-state index is 11.8. The first-order valence-electron chi connectivity index (χ1n) is 4.75. The molecule has 0 saturated carbocycles. The molecule has 0 radical (unpaired) electrons. The molecule has 0 aliphatic rings. The molecule has 0 unspecified atom stereocenters. The van der Waals surface area contributed by atoms with Crippen molar-refractivity contribution in [3.63, 3.8) is 0 Å². The van der Waals surface area contributed by atoms with Gasteiger partial charge in [0.25, 0.3) is 0 Å². The van der Waals surface area contributed by atoms with Crippen LogP contribution in [0.5, 0.6) is 5.75 Å². The zero-order chi connectivity index (χ0) is 14.0. The Balaban J connectivity index is 0.00000324. The van der Waals surface area contributed by atoms with Gasteiger partial charge in [0.05, 0.1) is 39.3 Å². The van der Waals surface area contributed by atoms with Crippen LogP contribution >= 0.6 is 0 Å². The summed E-state index contributed by atoms with van der Waals surface area (Å²) in [6.07, 6.45) is 0. The van der Waals surface area contributed by atoms with Gasteiger partial charge in [-0.2, -0.15) is 0 Å². The topological polar surface area (TPSA) is 127 Å². The van der Waals surface area contributed by atoms with E-state index in [4.69, 9.17) is 10.5 Å². The van der Waals surface area contributed by atoms with E-state index in [9.17, 15) is 21.4 Å². The third-order valence-electron chi connectivity index (χ3n) is 2.17. The Morgan fingerprint density at radius 1 is 1.21 bits per heavy atom. The van der Waals surface area contributed by atoms with Gasteiger partial charge < -0.3 is 15.0 Å². The van der Waals surface area contributed by atoms with Crippen molar-refractivity contribution in [1.82, 2.24) is 0 Å². The fourth-order valence-electron chi connectivity index (χ4n) is 1.21. The van der Waals surface area contributed by atoms with Gasteiger partial charge in [-0.25, -0.2) is 16.8 Å². The van der Waals surface area contributed by atoms with E-state index < -0.39 is 31.5 Å². The van der Waals surface area contributed by atoms with E-state index in [2.05, 4.69) is 0 Å². The van der Waals surface area contributed by atoms with Gasteiger partial charge in [-0.1, -0.05) is 0 Å². The van der Waals surface area contributed by atoms with Gasteiger partial charge in [0.1, 0.15) is 5.75 Å². The maximum atomic E-state index is 11.8. The minimum atomic E-state index is -4.57. The van der Waals surface area contributed by atoms with Crippen molar-refractivity contribution in [2.24, 2.45) is 0 Å². The summed E-state index contributed by atoms with van der Waals surface area (Å²) in [7, 11) is -7.11. The third-order valence-corrected chi connectivity index (χ3v) is 4.84. The SMILES string of the molecule is COc1cc(S(=O)(=O)CCS(=O)(=O)[O-])ccc1N.[Na+]. The quantitative estimate of drug-likeness (QED) is 0.341. The van der Waals surface area contributed by atoms with Crippen molar-refractivity contribution in [3.05, 3.63) is 18.2 Å². The number of hydrogen-bond donors (Lipinski definition) is 1. The second-order valence-electron chi connectivity index (χ2n) is 3.48. The molecule has 102 valence electrons. The molecule has 1 aromatic carbocycles. The average Bonchev–Trinajstić information content (AvgIpc) is 2.26. The molecule has 0 saturated heterocycles. The first-order chi connectivity index (χ1) is 8.15. The Bertz CT molecular complexity index is 641. The Morgan fingerprint density at radius 3 is 2.26 bits per heavy atom. The van der Waals surface area contributed by atoms with Crippen molar-refractivity contribution in [2.75, 3.05) is 24.3 Å². The van der Waals surface area contributed by atoms with Crippen molar-refractivity contribution < 1.29 is 55.7 Å². The fraction of sp³-hybridized carbons (Fsp3) is 0.333. The van der Waals surface area contributed by atoms with Gasteiger partial charge in [0.2, 0.25) is 0 Å². The third kappa shape index (κ3) is 5.67. The van der Waals surface area contributed by atoms with E-state index >= 15 is 0 Å². The Kier molecular flexibility index (Phi) is 6.79. The van der Waals surface area contributed by atoms with Crippen LogP contribution < -0.4 is 40.0 Å². The smallest absolute Gasteiger partial charge is 0.748 e. The molecule has 0 aromatic heterocycles. The van der Waals surface area contributed by atoms with Gasteiger partial charge in [0, 0.05) is 6.07 Å². The molecule has 0 atom stereocenters. The van der Waals surface area contributed by atoms with Crippen molar-refractivity contribution in [2.45, 2.75) is 4.90 Å². The number of ether oxygens (including phenoxy) is 1. The number of hydrogen-bond acceptors (Lipinski definition) is 7. The maximum Gasteiger partial charge on any atom is 1.00 e. The second-order valence-corrected chi connectivity index (χ2v) is 7.12. The molecule has 0 aliphatic heterocycles. The summed E-state index contributed by atoms with van der Waals surface area (Å²) in [5.41, 5.74) is 5.78. The normalized spacial score (nSPS) is 11.7. The van der Waals surface area contributed by atoms with Crippen LogP contribution in [-0.2, 0) is 20.0 Å². The summed E-state index contributed by atoms with van der Waals surface area (Å²) in [6, 6.07) is 3.74. The van der Waals surface area contributed by atoms with E-state index in [1.165, 1.54) is 25.3 Å². The minimum absolute atomic E-state index is 0. The summed E-state index contributed by atoms with van der Waals surface area (Å²) in [5.74, 6) is -1.57. The van der Waals surface area contributed by atoms with Gasteiger partial charge in [-0.15, -0.1) is 0 Å². The largest absolute Gasteiger partial charge is 1.00 e. The fourth-order valence-corrected chi connectivity index (χ4v) is 3.71. The van der Waals surface area contributed by atoms with Gasteiger partial charge in [0.15, 0.2) is 9.84 Å². The molecule has 1 rings (SSSR count). The number of sulfone groups is 1. The van der Waals surface area contributed by atoms with Crippen LogP contribution in [0.2, 0.25) is 0 Å². The molecule has 0 bridgehead atoms. The second kappa shape index (κ2) is 6.91. The summed E-state index contributed by atoms with van der Waals surface area (Å²) in [5, 5.41) is 0. The number of anilines is 1. The molecule has 0 amide bonds. The Labute approximate surface area is 134 Å². The van der Waals surface area contributed by atoms with Crippen LogP contribution in [0.4, 0.5) is 5.69 Å². The molecule has 1 aromatic rings. The number of methoxy groups -OCH3 is 1. The van der Waals surface area contributed by atoms with Crippen LogP contribution in [0.1, 0.15) is 0 Å². The van der Waals surface area contributed by atoms with Crippen molar-refractivity contribution in [3.8, 4) is 5.75 Å². The summed E-state index contributed by atoms with van der Waals surface area (Å²) in [6.45, 7) is 0. The predicted octanol–water partition coefficient (Wildman–Crippen LogP) is -3.40. The van der Waals surface area contributed by atoms with Crippen LogP contribution in [0.3, 0.4) is 0 Å². The first kappa shape index (κ1) is 18.7. The molecular formula is C9H12NNaO6S2. The minimum Gasteiger partial charge on any atom is -0.748 e. The molecule has 10 heteroatoms. The van der Waals surface area contributed by atoms with Crippen LogP contribution in [0, 0.1) is 0 Å². The van der Waals surface area contributed by atoms with E-state index in [1.807, 2.05) is 0 Å². The molecule has 19 heavy (non-hydrogen) atoms.